The normalized spacial score (nSPS) is 14.9. The van der Waals surface area contributed by atoms with Crippen molar-refractivity contribution in [2.75, 3.05) is 7.05 Å². The Kier molecular flexibility index (Phi) is 2.48. The molecule has 0 radical (unpaired) electrons. The molecular weight excluding hydrogens is 244 g/mol. The van der Waals surface area contributed by atoms with Gasteiger partial charge in [0.05, 0.1) is 5.69 Å². The van der Waals surface area contributed by atoms with Crippen LogP contribution in [-0.4, -0.2) is 16.9 Å². The lowest BCUT2D eigenvalue weighted by Gasteiger charge is -2.14. The van der Waals surface area contributed by atoms with Crippen molar-refractivity contribution in [3.63, 3.8) is 0 Å². The number of rotatable bonds is 0. The van der Waals surface area contributed by atoms with Crippen molar-refractivity contribution < 1.29 is 0 Å². The Balaban J connectivity index is 2.10. The van der Waals surface area contributed by atoms with Crippen molar-refractivity contribution >= 4 is 10.9 Å². The predicted molar refractivity (Wildman–Crippen MR) is 83.6 cm³/mol. The minimum atomic E-state index is 0.994. The smallest absolute Gasteiger partial charge is 0.0513 e. The monoisotopic (exact) mass is 262 g/mol. The number of hydrogen-bond donors (Lipinski definition) is 1. The van der Waals surface area contributed by atoms with Gasteiger partial charge in [-0.1, -0.05) is 42.5 Å². The Hall–Kier alpha value is -2.06. The second kappa shape index (κ2) is 4.22. The maximum atomic E-state index is 3.67. The molecule has 0 saturated heterocycles. The SMILES string of the molecule is Cc1cccc2c3c([nH]c12)-c1ccccc1CN(C)C3. The van der Waals surface area contributed by atoms with Gasteiger partial charge in [-0.2, -0.15) is 0 Å². The molecule has 0 fully saturated rings. The van der Waals surface area contributed by atoms with E-state index >= 15 is 0 Å². The molecule has 0 atom stereocenters. The van der Waals surface area contributed by atoms with E-state index < -0.39 is 0 Å². The van der Waals surface area contributed by atoms with Crippen LogP contribution in [0.4, 0.5) is 0 Å². The number of fused-ring (bicyclic) bond motifs is 5. The van der Waals surface area contributed by atoms with Crippen LogP contribution in [-0.2, 0) is 13.1 Å². The van der Waals surface area contributed by atoms with Gasteiger partial charge in [-0.15, -0.1) is 0 Å². The summed E-state index contributed by atoms with van der Waals surface area (Å²) in [6.07, 6.45) is 0. The Morgan fingerprint density at radius 2 is 1.85 bits per heavy atom. The Morgan fingerprint density at radius 3 is 2.75 bits per heavy atom. The quantitative estimate of drug-likeness (QED) is 0.646. The van der Waals surface area contributed by atoms with E-state index in [0.29, 0.717) is 0 Å². The van der Waals surface area contributed by atoms with E-state index in [-0.39, 0.29) is 0 Å². The number of H-pyrrole nitrogens is 1. The standard InChI is InChI=1S/C18H18N2/c1-12-6-5-9-15-16-11-20(2)10-13-7-3-4-8-14(13)18(16)19-17(12)15/h3-9,19H,10-11H2,1-2H3. The van der Waals surface area contributed by atoms with E-state index in [1.807, 2.05) is 0 Å². The van der Waals surface area contributed by atoms with Crippen LogP contribution in [0.5, 0.6) is 0 Å². The van der Waals surface area contributed by atoms with Crippen LogP contribution in [0, 0.1) is 6.92 Å². The predicted octanol–water partition coefficient (Wildman–Crippen LogP) is 4.09. The molecule has 4 rings (SSSR count). The first-order valence-electron chi connectivity index (χ1n) is 7.11. The molecule has 100 valence electrons. The van der Waals surface area contributed by atoms with Crippen molar-refractivity contribution in [3.8, 4) is 11.3 Å². The van der Waals surface area contributed by atoms with Crippen LogP contribution < -0.4 is 0 Å². The fourth-order valence-corrected chi connectivity index (χ4v) is 3.33. The highest BCUT2D eigenvalue weighted by atomic mass is 15.1. The zero-order valence-corrected chi connectivity index (χ0v) is 11.9. The van der Waals surface area contributed by atoms with Crippen molar-refractivity contribution in [3.05, 3.63) is 59.2 Å². The van der Waals surface area contributed by atoms with E-state index in [1.54, 1.807) is 0 Å². The molecule has 2 aromatic carbocycles. The van der Waals surface area contributed by atoms with E-state index in [2.05, 4.69) is 66.3 Å². The van der Waals surface area contributed by atoms with Crippen LogP contribution in [0.25, 0.3) is 22.2 Å². The molecule has 1 aliphatic heterocycles. The minimum absolute atomic E-state index is 0.994. The Morgan fingerprint density at radius 1 is 1.00 bits per heavy atom. The molecule has 0 saturated carbocycles. The van der Waals surface area contributed by atoms with Crippen LogP contribution >= 0.6 is 0 Å². The van der Waals surface area contributed by atoms with Gasteiger partial charge in [-0.05, 0) is 30.7 Å². The van der Waals surface area contributed by atoms with Crippen molar-refractivity contribution in [2.45, 2.75) is 20.0 Å². The molecule has 20 heavy (non-hydrogen) atoms. The van der Waals surface area contributed by atoms with E-state index in [0.717, 1.165) is 13.1 Å². The average molecular weight is 262 g/mol. The summed E-state index contributed by atoms with van der Waals surface area (Å²) in [5.41, 5.74) is 8.07. The fourth-order valence-electron chi connectivity index (χ4n) is 3.33. The molecule has 1 aliphatic rings. The summed E-state index contributed by atoms with van der Waals surface area (Å²) in [5, 5.41) is 1.36. The second-order valence-corrected chi connectivity index (χ2v) is 5.81. The third-order valence-electron chi connectivity index (χ3n) is 4.30. The summed E-state index contributed by atoms with van der Waals surface area (Å²) < 4.78 is 0. The molecule has 0 bridgehead atoms. The van der Waals surface area contributed by atoms with E-state index in [1.165, 1.54) is 38.9 Å². The number of aromatic nitrogens is 1. The summed E-state index contributed by atoms with van der Waals surface area (Å²) >= 11 is 0. The molecular formula is C18H18N2. The number of benzene rings is 2. The summed E-state index contributed by atoms with van der Waals surface area (Å²) in [6.45, 7) is 4.17. The zero-order valence-electron chi connectivity index (χ0n) is 11.9. The maximum absolute atomic E-state index is 3.67. The average Bonchev–Trinajstić information content (AvgIpc) is 2.73. The van der Waals surface area contributed by atoms with Gasteiger partial charge in [-0.25, -0.2) is 0 Å². The minimum Gasteiger partial charge on any atom is -0.354 e. The first-order valence-corrected chi connectivity index (χ1v) is 7.11. The Labute approximate surface area is 119 Å². The number of aromatic amines is 1. The van der Waals surface area contributed by atoms with Crippen LogP contribution in [0.2, 0.25) is 0 Å². The number of aryl methyl sites for hydroxylation is 1. The van der Waals surface area contributed by atoms with Gasteiger partial charge in [-0.3, -0.25) is 4.90 Å². The molecule has 3 aromatic rings. The molecule has 2 heteroatoms. The van der Waals surface area contributed by atoms with Gasteiger partial charge in [0.2, 0.25) is 0 Å². The maximum Gasteiger partial charge on any atom is 0.0513 e. The number of nitrogens with one attached hydrogen (secondary N) is 1. The zero-order chi connectivity index (χ0) is 13.7. The lowest BCUT2D eigenvalue weighted by molar-refractivity contribution is 0.324. The van der Waals surface area contributed by atoms with Gasteiger partial charge in [0.15, 0.2) is 0 Å². The lowest BCUT2D eigenvalue weighted by Crippen LogP contribution is -2.15. The largest absolute Gasteiger partial charge is 0.354 e. The van der Waals surface area contributed by atoms with Crippen LogP contribution in [0.3, 0.4) is 0 Å². The molecule has 0 unspecified atom stereocenters. The molecule has 0 spiro atoms. The van der Waals surface area contributed by atoms with Gasteiger partial charge in [0.1, 0.15) is 0 Å². The third kappa shape index (κ3) is 1.61. The highest BCUT2D eigenvalue weighted by Crippen LogP contribution is 2.36. The highest BCUT2D eigenvalue weighted by Gasteiger charge is 2.21. The molecule has 2 heterocycles. The van der Waals surface area contributed by atoms with E-state index in [9.17, 15) is 0 Å². The molecule has 0 aliphatic carbocycles. The number of hydrogen-bond acceptors (Lipinski definition) is 1. The molecule has 0 amide bonds. The van der Waals surface area contributed by atoms with Crippen molar-refractivity contribution in [1.82, 2.24) is 9.88 Å². The lowest BCUT2D eigenvalue weighted by atomic mass is 10.0. The molecule has 1 N–H and O–H groups in total. The number of nitrogens with zero attached hydrogens (tertiary/aromatic N) is 1. The summed E-state index contributed by atoms with van der Waals surface area (Å²) in [6, 6.07) is 15.3. The second-order valence-electron chi connectivity index (χ2n) is 5.81. The van der Waals surface area contributed by atoms with Crippen molar-refractivity contribution in [2.24, 2.45) is 0 Å². The highest BCUT2D eigenvalue weighted by molar-refractivity contribution is 5.93. The first kappa shape index (κ1) is 11.7. The summed E-state index contributed by atoms with van der Waals surface area (Å²) in [5.74, 6) is 0. The van der Waals surface area contributed by atoms with Gasteiger partial charge < -0.3 is 4.98 Å². The van der Waals surface area contributed by atoms with Crippen LogP contribution in [0.15, 0.2) is 42.5 Å². The molecule has 1 aromatic heterocycles. The van der Waals surface area contributed by atoms with Gasteiger partial charge in [0.25, 0.3) is 0 Å². The van der Waals surface area contributed by atoms with E-state index in [4.69, 9.17) is 0 Å². The first-order chi connectivity index (χ1) is 9.74. The van der Waals surface area contributed by atoms with Gasteiger partial charge >= 0.3 is 0 Å². The van der Waals surface area contributed by atoms with Gasteiger partial charge in [0, 0.05) is 29.6 Å². The summed E-state index contributed by atoms with van der Waals surface area (Å²) in [4.78, 5) is 6.06. The van der Waals surface area contributed by atoms with Crippen LogP contribution in [0.1, 0.15) is 16.7 Å². The topological polar surface area (TPSA) is 19.0 Å². The Bertz CT molecular complexity index is 798. The third-order valence-corrected chi connectivity index (χ3v) is 4.30. The fraction of sp³-hybridized carbons (Fsp3) is 0.222. The number of para-hydroxylation sites is 1. The molecule has 2 nitrogen and oxygen atoms in total. The summed E-state index contributed by atoms with van der Waals surface area (Å²) in [7, 11) is 2.19. The van der Waals surface area contributed by atoms with Crippen molar-refractivity contribution in [1.29, 1.82) is 0 Å².